The first kappa shape index (κ1) is 18.8. The molecule has 5 nitrogen and oxygen atoms in total. The molecule has 1 aromatic heterocycles. The van der Waals surface area contributed by atoms with Gasteiger partial charge in [0, 0.05) is 31.0 Å². The molecule has 1 heterocycles. The van der Waals surface area contributed by atoms with Crippen molar-refractivity contribution >= 4 is 17.5 Å². The smallest absolute Gasteiger partial charge is 0.269 e. The predicted octanol–water partition coefficient (Wildman–Crippen LogP) is 3.98. The molecule has 1 aliphatic rings. The number of nitrogens with one attached hydrogen (secondary N) is 1. The third-order valence-electron chi connectivity index (χ3n) is 4.80. The van der Waals surface area contributed by atoms with Crippen LogP contribution in [0.25, 0.3) is 0 Å². The van der Waals surface area contributed by atoms with E-state index in [1.54, 1.807) is 24.1 Å². The monoisotopic (exact) mass is 363 g/mol. The lowest BCUT2D eigenvalue weighted by Crippen LogP contribution is -2.28. The fraction of sp³-hybridized carbons (Fsp3) is 0.318. The Balaban J connectivity index is 1.61. The van der Waals surface area contributed by atoms with Gasteiger partial charge in [-0.25, -0.2) is 0 Å². The molecular weight excluding hydrogens is 338 g/mol. The number of hydrogen-bond donors (Lipinski definition) is 1. The Morgan fingerprint density at radius 2 is 1.96 bits per heavy atom. The summed E-state index contributed by atoms with van der Waals surface area (Å²) in [5.41, 5.74) is 2.92. The number of carbonyl (C=O) groups is 2. The standard InChI is InChI=1S/C22H25N3O2/c1-25(19-10-6-3-7-11-19)22(27)18-13-15-23-20(16-18)21(26)24-14-12-17-8-4-2-5-9-17/h3,6-8,10-11,13,15-16H,2,4-5,9,12,14H2,1H3,(H,24,26). The summed E-state index contributed by atoms with van der Waals surface area (Å²) in [6.45, 7) is 0.592. The maximum Gasteiger partial charge on any atom is 0.269 e. The van der Waals surface area contributed by atoms with Crippen LogP contribution in [-0.4, -0.2) is 30.4 Å². The number of amides is 2. The van der Waals surface area contributed by atoms with Gasteiger partial charge in [0.1, 0.15) is 5.69 Å². The van der Waals surface area contributed by atoms with Crippen LogP contribution in [-0.2, 0) is 0 Å². The molecule has 0 saturated heterocycles. The van der Waals surface area contributed by atoms with E-state index in [4.69, 9.17) is 0 Å². The highest BCUT2D eigenvalue weighted by Gasteiger charge is 2.16. The number of rotatable bonds is 6. The van der Waals surface area contributed by atoms with Gasteiger partial charge in [0.25, 0.3) is 11.8 Å². The van der Waals surface area contributed by atoms with Gasteiger partial charge in [0.05, 0.1) is 0 Å². The van der Waals surface area contributed by atoms with Crippen LogP contribution in [0.2, 0.25) is 0 Å². The minimum absolute atomic E-state index is 0.176. The molecule has 3 rings (SSSR count). The molecular formula is C22H25N3O2. The van der Waals surface area contributed by atoms with E-state index in [1.165, 1.54) is 24.6 Å². The van der Waals surface area contributed by atoms with Gasteiger partial charge in [-0.3, -0.25) is 14.6 Å². The van der Waals surface area contributed by atoms with E-state index >= 15 is 0 Å². The van der Waals surface area contributed by atoms with Crippen LogP contribution in [0.4, 0.5) is 5.69 Å². The number of aromatic nitrogens is 1. The summed E-state index contributed by atoms with van der Waals surface area (Å²) in [6.07, 6.45) is 9.44. The van der Waals surface area contributed by atoms with Crippen molar-refractivity contribution in [2.45, 2.75) is 32.1 Å². The van der Waals surface area contributed by atoms with E-state index in [2.05, 4.69) is 16.4 Å². The summed E-state index contributed by atoms with van der Waals surface area (Å²) in [5, 5.41) is 2.91. The fourth-order valence-corrected chi connectivity index (χ4v) is 3.21. The number of carbonyl (C=O) groups excluding carboxylic acids is 2. The molecule has 0 radical (unpaired) electrons. The van der Waals surface area contributed by atoms with Crippen LogP contribution < -0.4 is 10.2 Å². The second-order valence-electron chi connectivity index (χ2n) is 6.74. The highest BCUT2D eigenvalue weighted by molar-refractivity contribution is 6.06. The third-order valence-corrected chi connectivity index (χ3v) is 4.80. The summed E-state index contributed by atoms with van der Waals surface area (Å²) < 4.78 is 0. The van der Waals surface area contributed by atoms with Crippen LogP contribution in [0.15, 0.2) is 60.3 Å². The van der Waals surface area contributed by atoms with Crippen molar-refractivity contribution in [1.82, 2.24) is 10.3 Å². The number of anilines is 1. The minimum atomic E-state index is -0.247. The van der Waals surface area contributed by atoms with Crippen molar-refractivity contribution in [1.29, 1.82) is 0 Å². The molecule has 140 valence electrons. The molecule has 2 amide bonds. The van der Waals surface area contributed by atoms with Crippen molar-refractivity contribution in [3.63, 3.8) is 0 Å². The Hall–Kier alpha value is -2.95. The molecule has 0 atom stereocenters. The first-order valence-electron chi connectivity index (χ1n) is 9.40. The molecule has 1 aliphatic carbocycles. The number of allylic oxidation sites excluding steroid dienone is 1. The van der Waals surface area contributed by atoms with E-state index in [1.807, 2.05) is 30.3 Å². The largest absolute Gasteiger partial charge is 0.350 e. The van der Waals surface area contributed by atoms with E-state index in [9.17, 15) is 9.59 Å². The summed E-state index contributed by atoms with van der Waals surface area (Å²) in [7, 11) is 1.72. The van der Waals surface area contributed by atoms with Crippen LogP contribution in [0.1, 0.15) is 53.0 Å². The zero-order valence-electron chi connectivity index (χ0n) is 15.6. The second-order valence-corrected chi connectivity index (χ2v) is 6.74. The first-order valence-corrected chi connectivity index (χ1v) is 9.40. The van der Waals surface area contributed by atoms with E-state index in [0.29, 0.717) is 12.1 Å². The number of hydrogen-bond acceptors (Lipinski definition) is 3. The Morgan fingerprint density at radius 3 is 2.70 bits per heavy atom. The SMILES string of the molecule is CN(C(=O)c1ccnc(C(=O)NCCC2=CCCCC2)c1)c1ccccc1. The van der Waals surface area contributed by atoms with Gasteiger partial charge in [-0.15, -0.1) is 0 Å². The molecule has 0 unspecified atom stereocenters. The topological polar surface area (TPSA) is 62.3 Å². The molecule has 0 spiro atoms. The highest BCUT2D eigenvalue weighted by Crippen LogP contribution is 2.19. The molecule has 0 saturated carbocycles. The van der Waals surface area contributed by atoms with Gasteiger partial charge in [-0.2, -0.15) is 0 Å². The van der Waals surface area contributed by atoms with Crippen LogP contribution >= 0.6 is 0 Å². The highest BCUT2D eigenvalue weighted by atomic mass is 16.2. The van der Waals surface area contributed by atoms with Gasteiger partial charge in [0.2, 0.25) is 0 Å². The zero-order chi connectivity index (χ0) is 19.1. The van der Waals surface area contributed by atoms with Gasteiger partial charge in [0.15, 0.2) is 0 Å². The third kappa shape index (κ3) is 5.03. The fourth-order valence-electron chi connectivity index (χ4n) is 3.21. The molecule has 27 heavy (non-hydrogen) atoms. The molecule has 0 aliphatic heterocycles. The van der Waals surface area contributed by atoms with Gasteiger partial charge in [-0.05, 0) is 56.4 Å². The number of benzene rings is 1. The molecule has 1 aromatic carbocycles. The predicted molar refractivity (Wildman–Crippen MR) is 107 cm³/mol. The van der Waals surface area contributed by atoms with Crippen LogP contribution in [0, 0.1) is 0 Å². The van der Waals surface area contributed by atoms with E-state index in [-0.39, 0.29) is 17.5 Å². The second kappa shape index (κ2) is 9.12. The average molecular weight is 363 g/mol. The van der Waals surface area contributed by atoms with Crippen molar-refractivity contribution in [3.05, 3.63) is 71.6 Å². The van der Waals surface area contributed by atoms with Gasteiger partial charge < -0.3 is 10.2 Å². The quantitative estimate of drug-likeness (QED) is 0.790. The molecule has 0 fully saturated rings. The lowest BCUT2D eigenvalue weighted by molar-refractivity contribution is 0.0949. The molecule has 2 aromatic rings. The Morgan fingerprint density at radius 1 is 1.15 bits per heavy atom. The summed E-state index contributed by atoms with van der Waals surface area (Å²) in [6, 6.07) is 12.6. The van der Waals surface area contributed by atoms with Gasteiger partial charge in [-0.1, -0.05) is 29.8 Å². The summed E-state index contributed by atoms with van der Waals surface area (Å²) in [4.78, 5) is 30.8. The summed E-state index contributed by atoms with van der Waals surface area (Å²) >= 11 is 0. The number of pyridine rings is 1. The van der Waals surface area contributed by atoms with Gasteiger partial charge >= 0.3 is 0 Å². The van der Waals surface area contributed by atoms with E-state index in [0.717, 1.165) is 24.9 Å². The minimum Gasteiger partial charge on any atom is -0.350 e. The van der Waals surface area contributed by atoms with Crippen molar-refractivity contribution in [2.24, 2.45) is 0 Å². The maximum absolute atomic E-state index is 12.7. The zero-order valence-corrected chi connectivity index (χ0v) is 15.6. The first-order chi connectivity index (χ1) is 13.1. The lowest BCUT2D eigenvalue weighted by atomic mass is 9.97. The Kier molecular flexibility index (Phi) is 6.36. The Bertz CT molecular complexity index is 830. The maximum atomic E-state index is 12.7. The normalized spacial score (nSPS) is 13.6. The number of nitrogens with zero attached hydrogens (tertiary/aromatic N) is 2. The lowest BCUT2D eigenvalue weighted by Gasteiger charge is -2.17. The summed E-state index contributed by atoms with van der Waals surface area (Å²) in [5.74, 6) is -0.423. The van der Waals surface area contributed by atoms with E-state index < -0.39 is 0 Å². The molecule has 0 bridgehead atoms. The number of para-hydroxylation sites is 1. The van der Waals surface area contributed by atoms with Crippen LogP contribution in [0.3, 0.4) is 0 Å². The van der Waals surface area contributed by atoms with Crippen molar-refractivity contribution < 1.29 is 9.59 Å². The Labute approximate surface area is 160 Å². The van der Waals surface area contributed by atoms with Crippen LogP contribution in [0.5, 0.6) is 0 Å². The van der Waals surface area contributed by atoms with Crippen molar-refractivity contribution in [2.75, 3.05) is 18.5 Å². The average Bonchev–Trinajstić information content (AvgIpc) is 2.74. The molecule has 5 heteroatoms. The van der Waals surface area contributed by atoms with Crippen molar-refractivity contribution in [3.8, 4) is 0 Å². The molecule has 1 N–H and O–H groups in total.